The Labute approximate surface area is 114 Å². The van der Waals surface area contributed by atoms with E-state index in [-0.39, 0.29) is 11.1 Å². The maximum Gasteiger partial charge on any atom is 0.136 e. The van der Waals surface area contributed by atoms with Gasteiger partial charge in [0.1, 0.15) is 17.4 Å². The van der Waals surface area contributed by atoms with E-state index in [1.54, 1.807) is 30.3 Å². The van der Waals surface area contributed by atoms with E-state index in [2.05, 4.69) is 4.99 Å². The van der Waals surface area contributed by atoms with Crippen LogP contribution >= 0.6 is 0 Å². The van der Waals surface area contributed by atoms with Gasteiger partial charge in [-0.15, -0.1) is 0 Å². The standard InChI is InChI=1S/C15H10F2N2O/c1-20-12-4-2-3-11(7-12)19-9-13-14(16)5-10(8-18)6-15(13)17/h2-7,9H,1H3. The Kier molecular flexibility index (Phi) is 4.06. The summed E-state index contributed by atoms with van der Waals surface area (Å²) in [6.07, 6.45) is 1.08. The van der Waals surface area contributed by atoms with E-state index in [1.807, 2.05) is 0 Å². The van der Waals surface area contributed by atoms with Crippen LogP contribution in [0.2, 0.25) is 0 Å². The average Bonchev–Trinajstić information content (AvgIpc) is 2.46. The Bertz CT molecular complexity index is 682. The average molecular weight is 272 g/mol. The van der Waals surface area contributed by atoms with Gasteiger partial charge in [-0.05, 0) is 24.3 Å². The molecule has 0 aromatic heterocycles. The van der Waals surface area contributed by atoms with Gasteiger partial charge < -0.3 is 4.74 Å². The normalized spacial score (nSPS) is 10.5. The number of aliphatic imine (C=N–C) groups is 1. The molecule has 0 aliphatic carbocycles. The van der Waals surface area contributed by atoms with Crippen LogP contribution in [-0.4, -0.2) is 13.3 Å². The van der Waals surface area contributed by atoms with Gasteiger partial charge in [-0.1, -0.05) is 6.07 Å². The molecule has 0 saturated carbocycles. The molecular weight excluding hydrogens is 262 g/mol. The van der Waals surface area contributed by atoms with Crippen LogP contribution in [0.15, 0.2) is 41.4 Å². The summed E-state index contributed by atoms with van der Waals surface area (Å²) in [5.74, 6) is -1.05. The van der Waals surface area contributed by atoms with Crippen molar-refractivity contribution in [2.75, 3.05) is 7.11 Å². The SMILES string of the molecule is COc1cccc(N=Cc2c(F)cc(C#N)cc2F)c1. The molecule has 2 aromatic carbocycles. The number of benzene rings is 2. The first-order chi connectivity index (χ1) is 9.63. The highest BCUT2D eigenvalue weighted by atomic mass is 19.1. The van der Waals surface area contributed by atoms with Crippen molar-refractivity contribution in [3.8, 4) is 11.8 Å². The molecule has 0 fully saturated rings. The molecule has 0 bridgehead atoms. The summed E-state index contributed by atoms with van der Waals surface area (Å²) in [7, 11) is 1.52. The first-order valence-corrected chi connectivity index (χ1v) is 5.71. The van der Waals surface area contributed by atoms with Crippen LogP contribution in [0.5, 0.6) is 5.75 Å². The van der Waals surface area contributed by atoms with Crippen LogP contribution in [0.4, 0.5) is 14.5 Å². The fourth-order valence-corrected chi connectivity index (χ4v) is 1.60. The minimum Gasteiger partial charge on any atom is -0.497 e. The monoisotopic (exact) mass is 272 g/mol. The van der Waals surface area contributed by atoms with Gasteiger partial charge in [0, 0.05) is 12.3 Å². The van der Waals surface area contributed by atoms with Crippen molar-refractivity contribution in [3.63, 3.8) is 0 Å². The first-order valence-electron chi connectivity index (χ1n) is 5.71. The second-order valence-electron chi connectivity index (χ2n) is 3.93. The Balaban J connectivity index is 2.34. The third-order valence-electron chi connectivity index (χ3n) is 2.60. The van der Waals surface area contributed by atoms with Crippen LogP contribution in [-0.2, 0) is 0 Å². The number of hydrogen-bond acceptors (Lipinski definition) is 3. The predicted octanol–water partition coefficient (Wildman–Crippen LogP) is 3.60. The third kappa shape index (κ3) is 2.98. The van der Waals surface area contributed by atoms with Crippen molar-refractivity contribution >= 4 is 11.9 Å². The molecule has 0 aliphatic heterocycles. The van der Waals surface area contributed by atoms with Crippen LogP contribution < -0.4 is 4.74 Å². The molecule has 0 spiro atoms. The molecule has 5 heteroatoms. The van der Waals surface area contributed by atoms with Gasteiger partial charge in [-0.2, -0.15) is 5.26 Å². The lowest BCUT2D eigenvalue weighted by atomic mass is 10.1. The van der Waals surface area contributed by atoms with Crippen molar-refractivity contribution < 1.29 is 13.5 Å². The Hall–Kier alpha value is -2.74. The van der Waals surface area contributed by atoms with E-state index < -0.39 is 11.6 Å². The van der Waals surface area contributed by atoms with Gasteiger partial charge in [0.25, 0.3) is 0 Å². The highest BCUT2D eigenvalue weighted by Gasteiger charge is 2.09. The summed E-state index contributed by atoms with van der Waals surface area (Å²) in [4.78, 5) is 3.99. The van der Waals surface area contributed by atoms with E-state index in [9.17, 15) is 8.78 Å². The van der Waals surface area contributed by atoms with E-state index in [0.717, 1.165) is 18.3 Å². The molecule has 0 atom stereocenters. The molecule has 3 nitrogen and oxygen atoms in total. The molecule has 0 N–H and O–H groups in total. The molecule has 2 rings (SSSR count). The molecule has 0 radical (unpaired) electrons. The maximum atomic E-state index is 13.6. The van der Waals surface area contributed by atoms with Crippen molar-refractivity contribution in [2.24, 2.45) is 4.99 Å². The zero-order chi connectivity index (χ0) is 14.5. The smallest absolute Gasteiger partial charge is 0.136 e. The second kappa shape index (κ2) is 5.93. The zero-order valence-electron chi connectivity index (χ0n) is 10.6. The van der Waals surface area contributed by atoms with Gasteiger partial charge >= 0.3 is 0 Å². The third-order valence-corrected chi connectivity index (χ3v) is 2.60. The van der Waals surface area contributed by atoms with Gasteiger partial charge in [-0.3, -0.25) is 4.99 Å². The summed E-state index contributed by atoms with van der Waals surface area (Å²) in [6.45, 7) is 0. The van der Waals surface area contributed by atoms with Crippen LogP contribution in [0.3, 0.4) is 0 Å². The van der Waals surface area contributed by atoms with Crippen LogP contribution in [0, 0.1) is 23.0 Å². The summed E-state index contributed by atoms with van der Waals surface area (Å²) in [5.41, 5.74) is 0.151. The number of hydrogen-bond donors (Lipinski definition) is 0. The molecule has 20 heavy (non-hydrogen) atoms. The van der Waals surface area contributed by atoms with Gasteiger partial charge in [0.05, 0.1) is 30.0 Å². The Morgan fingerprint density at radius 1 is 1.20 bits per heavy atom. The fraction of sp³-hybridized carbons (Fsp3) is 0.0667. The highest BCUT2D eigenvalue weighted by Crippen LogP contribution is 2.20. The van der Waals surface area contributed by atoms with Gasteiger partial charge in [0.2, 0.25) is 0 Å². The number of rotatable bonds is 3. The lowest BCUT2D eigenvalue weighted by molar-refractivity contribution is 0.415. The molecule has 2 aromatic rings. The highest BCUT2D eigenvalue weighted by molar-refractivity contribution is 5.83. The second-order valence-corrected chi connectivity index (χ2v) is 3.93. The van der Waals surface area contributed by atoms with Crippen molar-refractivity contribution in [2.45, 2.75) is 0 Å². The van der Waals surface area contributed by atoms with Crippen LogP contribution in [0.25, 0.3) is 0 Å². The number of halogens is 2. The van der Waals surface area contributed by atoms with Gasteiger partial charge in [0.15, 0.2) is 0 Å². The Morgan fingerprint density at radius 2 is 1.90 bits per heavy atom. The summed E-state index contributed by atoms with van der Waals surface area (Å²) in [5, 5.41) is 8.61. The van der Waals surface area contributed by atoms with Crippen molar-refractivity contribution in [1.29, 1.82) is 5.26 Å². The van der Waals surface area contributed by atoms with E-state index in [1.165, 1.54) is 7.11 Å². The zero-order valence-corrected chi connectivity index (χ0v) is 10.6. The van der Waals surface area contributed by atoms with E-state index >= 15 is 0 Å². The van der Waals surface area contributed by atoms with E-state index in [4.69, 9.17) is 10.00 Å². The minimum atomic E-state index is -0.826. The molecule has 0 heterocycles. The largest absolute Gasteiger partial charge is 0.497 e. The first kappa shape index (κ1) is 13.7. The van der Waals surface area contributed by atoms with Crippen molar-refractivity contribution in [3.05, 3.63) is 59.2 Å². The maximum absolute atomic E-state index is 13.6. The topological polar surface area (TPSA) is 45.4 Å². The van der Waals surface area contributed by atoms with Crippen molar-refractivity contribution in [1.82, 2.24) is 0 Å². The predicted molar refractivity (Wildman–Crippen MR) is 71.3 cm³/mol. The number of nitrogens with zero attached hydrogens (tertiary/aromatic N) is 2. The summed E-state index contributed by atoms with van der Waals surface area (Å²) < 4.78 is 32.3. The number of nitriles is 1. The Morgan fingerprint density at radius 3 is 2.50 bits per heavy atom. The minimum absolute atomic E-state index is 0.0708. The number of ether oxygens (including phenoxy) is 1. The molecular formula is C15H10F2N2O. The number of methoxy groups -OCH3 is 1. The lowest BCUT2D eigenvalue weighted by Crippen LogP contribution is -1.95. The summed E-state index contributed by atoms with van der Waals surface area (Å²) in [6, 6.07) is 10.4. The van der Waals surface area contributed by atoms with Crippen LogP contribution in [0.1, 0.15) is 11.1 Å². The lowest BCUT2D eigenvalue weighted by Gasteiger charge is -2.01. The molecule has 0 amide bonds. The fourth-order valence-electron chi connectivity index (χ4n) is 1.60. The quantitative estimate of drug-likeness (QED) is 0.801. The molecule has 0 saturated heterocycles. The van der Waals surface area contributed by atoms with Gasteiger partial charge in [-0.25, -0.2) is 8.78 Å². The molecule has 0 aliphatic rings. The molecule has 0 unspecified atom stereocenters. The van der Waals surface area contributed by atoms with E-state index in [0.29, 0.717) is 11.4 Å². The summed E-state index contributed by atoms with van der Waals surface area (Å²) >= 11 is 0. The molecule has 100 valence electrons.